The summed E-state index contributed by atoms with van der Waals surface area (Å²) in [7, 11) is 1.72. The summed E-state index contributed by atoms with van der Waals surface area (Å²) in [6, 6.07) is 0. The van der Waals surface area contributed by atoms with Crippen LogP contribution in [0.2, 0.25) is 0 Å². The smallest absolute Gasteiger partial charge is 0.325 e. The average molecular weight is 229 g/mol. The van der Waals surface area contributed by atoms with E-state index in [4.69, 9.17) is 4.74 Å². The van der Waals surface area contributed by atoms with Gasteiger partial charge in [-0.2, -0.15) is 0 Å². The lowest BCUT2D eigenvalue weighted by molar-refractivity contribution is -0.143. The van der Waals surface area contributed by atoms with E-state index in [0.717, 1.165) is 11.9 Å². The highest BCUT2D eigenvalue weighted by Crippen LogP contribution is 2.13. The van der Waals surface area contributed by atoms with Gasteiger partial charge in [-0.15, -0.1) is 0 Å². The Hall–Kier alpha value is -1.30. The zero-order chi connectivity index (χ0) is 11.7. The maximum Gasteiger partial charge on any atom is 0.325 e. The second-order valence-electron chi connectivity index (χ2n) is 2.58. The van der Waals surface area contributed by atoms with Gasteiger partial charge in [0.1, 0.15) is 11.6 Å². The largest absolute Gasteiger partial charge is 0.465 e. The van der Waals surface area contributed by atoms with Crippen LogP contribution in [0.15, 0.2) is 21.0 Å². The molecule has 0 saturated heterocycles. The summed E-state index contributed by atoms with van der Waals surface area (Å²) in [5.74, 6) is -0.286. The summed E-state index contributed by atoms with van der Waals surface area (Å²) < 4.78 is 8.32. The van der Waals surface area contributed by atoms with Gasteiger partial charge in [0.05, 0.1) is 12.9 Å². The van der Waals surface area contributed by atoms with Crippen molar-refractivity contribution in [3.8, 4) is 0 Å². The minimum Gasteiger partial charge on any atom is -0.465 e. The molecule has 0 saturated carbocycles. The van der Waals surface area contributed by atoms with Crippen molar-refractivity contribution < 1.29 is 9.53 Å². The number of carbonyl (C=O) groups is 1. The Balaban J connectivity index is 3.91. The average Bonchev–Trinajstić information content (AvgIpc) is 2.15. The molecule has 0 aromatic heterocycles. The predicted molar refractivity (Wildman–Crippen MR) is 64.0 cm³/mol. The van der Waals surface area contributed by atoms with E-state index in [1.807, 2.05) is 0 Å². The minimum absolute atomic E-state index is 0.163. The van der Waals surface area contributed by atoms with Crippen LogP contribution < -0.4 is 0 Å². The summed E-state index contributed by atoms with van der Waals surface area (Å²) in [6.45, 7) is 9.22. The monoisotopic (exact) mass is 229 g/mol. The molecule has 0 aromatic carbocycles. The Labute approximate surface area is 94.1 Å². The third-order valence-corrected chi connectivity index (χ3v) is 1.70. The van der Waals surface area contributed by atoms with E-state index >= 15 is 0 Å². The lowest BCUT2D eigenvalue weighted by atomic mass is 10.6. The van der Waals surface area contributed by atoms with E-state index in [9.17, 15) is 4.79 Å². The first-order chi connectivity index (χ1) is 7.10. The second-order valence-corrected chi connectivity index (χ2v) is 3.49. The van der Waals surface area contributed by atoms with Crippen molar-refractivity contribution in [1.29, 1.82) is 0 Å². The van der Waals surface area contributed by atoms with Gasteiger partial charge in [0.15, 0.2) is 0 Å². The number of likely N-dealkylation sites (N-methyl/N-ethyl adjacent to an activating group) is 1. The molecule has 0 spiro atoms. The van der Waals surface area contributed by atoms with E-state index in [2.05, 4.69) is 22.7 Å². The molecule has 0 atom stereocenters. The molecule has 0 aliphatic heterocycles. The lowest BCUT2D eigenvalue weighted by Crippen LogP contribution is -2.26. The van der Waals surface area contributed by atoms with Crippen molar-refractivity contribution in [1.82, 2.24) is 4.90 Å². The zero-order valence-corrected chi connectivity index (χ0v) is 9.79. The van der Waals surface area contributed by atoms with Gasteiger partial charge >= 0.3 is 5.97 Å². The van der Waals surface area contributed by atoms with Gasteiger partial charge < -0.3 is 9.64 Å². The Bertz CT molecular complexity index is 266. The molecule has 0 aliphatic carbocycles. The molecule has 0 fully saturated rings. The Morgan fingerprint density at radius 3 is 2.87 bits per heavy atom. The molecule has 6 heteroatoms. The molecule has 0 bridgehead atoms. The molecular formula is C9H15N3O2S. The fourth-order valence-electron chi connectivity index (χ4n) is 0.712. The highest BCUT2D eigenvalue weighted by Gasteiger charge is 2.03. The van der Waals surface area contributed by atoms with Gasteiger partial charge in [0.2, 0.25) is 0 Å². The number of esters is 1. The number of carbonyl (C=O) groups excluding carboxylic acids is 1. The fraction of sp³-hybridized carbons (Fsp3) is 0.444. The van der Waals surface area contributed by atoms with Crippen LogP contribution in [0.3, 0.4) is 0 Å². The Kier molecular flexibility index (Phi) is 7.35. The summed E-state index contributed by atoms with van der Waals surface area (Å²) in [4.78, 5) is 16.6. The highest BCUT2D eigenvalue weighted by atomic mass is 32.2. The van der Waals surface area contributed by atoms with Crippen LogP contribution in [0.5, 0.6) is 0 Å². The first kappa shape index (κ1) is 13.7. The molecule has 0 rings (SSSR count). The van der Waals surface area contributed by atoms with E-state index < -0.39 is 0 Å². The maximum absolute atomic E-state index is 11.0. The normalized spacial score (nSPS) is 10.0. The van der Waals surface area contributed by atoms with Gasteiger partial charge in [0, 0.05) is 19.0 Å². The van der Waals surface area contributed by atoms with Crippen LogP contribution >= 0.6 is 11.9 Å². The van der Waals surface area contributed by atoms with Crippen molar-refractivity contribution in [3.63, 3.8) is 0 Å². The summed E-state index contributed by atoms with van der Waals surface area (Å²) >= 11 is 1.08. The first-order valence-electron chi connectivity index (χ1n) is 4.32. The molecule has 0 unspecified atom stereocenters. The Morgan fingerprint density at radius 1 is 1.67 bits per heavy atom. The number of rotatable bonds is 7. The summed E-state index contributed by atoms with van der Waals surface area (Å²) in [5, 5.41) is 0.515. The second kappa shape index (κ2) is 8.05. The molecule has 0 aromatic rings. The first-order valence-corrected chi connectivity index (χ1v) is 5.09. The predicted octanol–water partition coefficient (Wildman–Crippen LogP) is 1.33. The molecule has 15 heavy (non-hydrogen) atoms. The standard InChI is InChI=1S/C9H15N3O2S/c1-5-14-9(13)6-12(4)7-11-8(2)15-10-3/h7H,2-3,5-6H2,1,4H3/b11-7-. The summed E-state index contributed by atoms with van der Waals surface area (Å²) in [5.41, 5.74) is 0. The molecule has 0 radical (unpaired) electrons. The fourth-order valence-corrected chi connectivity index (χ4v) is 0.955. The van der Waals surface area contributed by atoms with Crippen molar-refractivity contribution in [2.75, 3.05) is 20.2 Å². The molecule has 0 amide bonds. The van der Waals surface area contributed by atoms with Gasteiger partial charge in [-0.1, -0.05) is 6.58 Å². The molecule has 5 nitrogen and oxygen atoms in total. The van der Waals surface area contributed by atoms with E-state index in [0.29, 0.717) is 11.6 Å². The van der Waals surface area contributed by atoms with Crippen LogP contribution in [0.1, 0.15) is 6.92 Å². The third-order valence-electron chi connectivity index (χ3n) is 1.25. The highest BCUT2D eigenvalue weighted by molar-refractivity contribution is 8.01. The lowest BCUT2D eigenvalue weighted by Gasteiger charge is -2.11. The van der Waals surface area contributed by atoms with Crippen LogP contribution in [0.4, 0.5) is 0 Å². The third kappa shape index (κ3) is 7.75. The van der Waals surface area contributed by atoms with Gasteiger partial charge in [-0.05, 0) is 13.6 Å². The van der Waals surface area contributed by atoms with Crippen LogP contribution in [0.25, 0.3) is 0 Å². The molecule has 0 N–H and O–H groups in total. The minimum atomic E-state index is -0.286. The summed E-state index contributed by atoms with van der Waals surface area (Å²) in [6.07, 6.45) is 1.50. The number of nitrogens with zero attached hydrogens (tertiary/aromatic N) is 3. The van der Waals surface area contributed by atoms with Crippen molar-refractivity contribution in [3.05, 3.63) is 11.6 Å². The van der Waals surface area contributed by atoms with Crippen LogP contribution in [-0.4, -0.2) is 44.1 Å². The van der Waals surface area contributed by atoms with Gasteiger partial charge in [-0.25, -0.2) is 9.39 Å². The van der Waals surface area contributed by atoms with Crippen molar-refractivity contribution in [2.45, 2.75) is 6.92 Å². The maximum atomic E-state index is 11.0. The molecule has 0 heterocycles. The van der Waals surface area contributed by atoms with Crippen molar-refractivity contribution >= 4 is 31.0 Å². The number of hydrogen-bond acceptors (Lipinski definition) is 5. The molecule has 84 valence electrons. The number of ether oxygens (including phenoxy) is 1. The quantitative estimate of drug-likeness (QED) is 0.286. The van der Waals surface area contributed by atoms with E-state index in [1.165, 1.54) is 6.34 Å². The van der Waals surface area contributed by atoms with Gasteiger partial charge in [-0.3, -0.25) is 4.79 Å². The molecular weight excluding hydrogens is 214 g/mol. The van der Waals surface area contributed by atoms with Gasteiger partial charge in [0.25, 0.3) is 0 Å². The van der Waals surface area contributed by atoms with E-state index in [1.54, 1.807) is 18.9 Å². The van der Waals surface area contributed by atoms with Crippen molar-refractivity contribution in [2.24, 2.45) is 9.39 Å². The zero-order valence-electron chi connectivity index (χ0n) is 8.97. The number of aliphatic imine (C=N–C) groups is 1. The topological polar surface area (TPSA) is 54.3 Å². The Morgan fingerprint density at radius 2 is 2.33 bits per heavy atom. The van der Waals surface area contributed by atoms with Crippen LogP contribution in [-0.2, 0) is 9.53 Å². The van der Waals surface area contributed by atoms with Crippen LogP contribution in [0, 0.1) is 0 Å². The van der Waals surface area contributed by atoms with E-state index in [-0.39, 0.29) is 12.5 Å². The SMILES string of the molecule is C=NSC(=C)/N=C\N(C)CC(=O)OCC. The molecule has 0 aliphatic rings. The number of hydrogen-bond donors (Lipinski definition) is 0.